The zero-order chi connectivity index (χ0) is 15.4. The Morgan fingerprint density at radius 3 is 2.55 bits per heavy atom. The summed E-state index contributed by atoms with van der Waals surface area (Å²) in [7, 11) is -7.79. The van der Waals surface area contributed by atoms with Crippen LogP contribution in [0, 0.1) is 11.3 Å². The highest BCUT2D eigenvalue weighted by atomic mass is 35.5. The van der Waals surface area contributed by atoms with Crippen molar-refractivity contribution in [2.45, 2.75) is 4.90 Å². The lowest BCUT2D eigenvalue weighted by Crippen LogP contribution is -2.12. The van der Waals surface area contributed by atoms with E-state index in [4.69, 9.17) is 16.9 Å². The van der Waals surface area contributed by atoms with Crippen LogP contribution in [0.25, 0.3) is 0 Å². The van der Waals surface area contributed by atoms with Crippen LogP contribution in [-0.4, -0.2) is 16.8 Å². The Labute approximate surface area is 122 Å². The molecule has 1 rings (SSSR count). The zero-order valence-corrected chi connectivity index (χ0v) is 12.3. The number of sulfone groups is 1. The fourth-order valence-electron chi connectivity index (χ4n) is 1.15. The van der Waals surface area contributed by atoms with Crippen LogP contribution in [0.3, 0.4) is 0 Å². The zero-order valence-electron chi connectivity index (χ0n) is 9.95. The topological polar surface area (TPSA) is 104 Å². The summed E-state index contributed by atoms with van der Waals surface area (Å²) in [6.07, 6.45) is 0.812. The molecule has 0 aliphatic rings. The van der Waals surface area contributed by atoms with Gasteiger partial charge in [0.05, 0.1) is 16.7 Å². The van der Waals surface area contributed by atoms with Crippen molar-refractivity contribution in [3.63, 3.8) is 0 Å². The first-order valence-electron chi connectivity index (χ1n) is 4.97. The van der Waals surface area contributed by atoms with E-state index in [1.807, 2.05) is 0 Å². The number of hydrogen-bond acceptors (Lipinski definition) is 5. The van der Waals surface area contributed by atoms with Gasteiger partial charge in [0.15, 0.2) is 0 Å². The Hall–Kier alpha value is -1.82. The highest BCUT2D eigenvalue weighted by molar-refractivity contribution is 7.98. The molecule has 0 saturated heterocycles. The van der Waals surface area contributed by atoms with Crippen LogP contribution in [0.1, 0.15) is 0 Å². The maximum atomic E-state index is 11.8. The molecule has 0 aliphatic heterocycles. The molecule has 0 aliphatic carbocycles. The van der Waals surface area contributed by atoms with Gasteiger partial charge < -0.3 is 0 Å². The molecule has 0 atom stereocenters. The molecule has 0 fully saturated rings. The van der Waals surface area contributed by atoms with Gasteiger partial charge in [-0.25, -0.2) is 16.8 Å². The molecule has 0 radical (unpaired) electrons. The molecule has 9 heteroatoms. The van der Waals surface area contributed by atoms with Crippen LogP contribution in [0.15, 0.2) is 51.6 Å². The smallest absolute Gasteiger partial charge is 0.272 e. The molecule has 0 spiro atoms. The number of nitrogens with zero attached hydrogens (tertiary/aromatic N) is 1. The first-order valence-corrected chi connectivity index (χ1v) is 8.38. The average molecular weight is 333 g/mol. The van der Waals surface area contributed by atoms with Gasteiger partial charge in [0, 0.05) is 11.5 Å². The van der Waals surface area contributed by atoms with Gasteiger partial charge in [0.1, 0.15) is 4.36 Å². The van der Waals surface area contributed by atoms with E-state index in [1.54, 1.807) is 6.07 Å². The summed E-state index contributed by atoms with van der Waals surface area (Å²) in [5.74, 6) is 0. The van der Waals surface area contributed by atoms with Crippen molar-refractivity contribution in [1.29, 1.82) is 5.26 Å². The molecule has 0 heterocycles. The van der Waals surface area contributed by atoms with Crippen LogP contribution < -0.4 is 4.72 Å². The van der Waals surface area contributed by atoms with Crippen LogP contribution in [0.2, 0.25) is 0 Å². The summed E-state index contributed by atoms with van der Waals surface area (Å²) in [5.41, 5.74) is 0.0123. The third kappa shape index (κ3) is 4.09. The number of allylic oxidation sites excluding steroid dienone is 1. The van der Waals surface area contributed by atoms with Gasteiger partial charge in [-0.2, -0.15) is 5.26 Å². The maximum Gasteiger partial charge on any atom is 0.272 e. The van der Waals surface area contributed by atoms with Crippen LogP contribution in [-0.2, 0) is 19.9 Å². The van der Waals surface area contributed by atoms with Crippen molar-refractivity contribution in [2.75, 3.05) is 4.72 Å². The highest BCUT2D eigenvalue weighted by Gasteiger charge is 2.15. The molecular formula is C11H9ClN2O4S2. The largest absolute Gasteiger partial charge is 0.279 e. The van der Waals surface area contributed by atoms with E-state index < -0.39 is 24.2 Å². The second kappa shape index (κ2) is 6.09. The number of sulfonamides is 1. The number of hydrogen-bond donors (Lipinski definition) is 1. The Bertz CT molecular complexity index is 805. The van der Waals surface area contributed by atoms with Gasteiger partial charge in [0.2, 0.25) is 9.84 Å². The second-order valence-electron chi connectivity index (χ2n) is 3.47. The van der Waals surface area contributed by atoms with Gasteiger partial charge in [-0.1, -0.05) is 24.2 Å². The molecule has 0 aromatic heterocycles. The van der Waals surface area contributed by atoms with Gasteiger partial charge in [-0.3, -0.25) is 4.72 Å². The van der Waals surface area contributed by atoms with E-state index in [1.165, 1.54) is 18.2 Å². The lowest BCUT2D eigenvalue weighted by molar-refractivity contribution is 0.603. The summed E-state index contributed by atoms with van der Waals surface area (Å²) in [6, 6.07) is 6.64. The van der Waals surface area contributed by atoms with E-state index in [2.05, 4.69) is 11.3 Å². The van der Waals surface area contributed by atoms with Crippen LogP contribution in [0.5, 0.6) is 0 Å². The van der Waals surface area contributed by atoms with Crippen molar-refractivity contribution in [3.05, 3.63) is 46.7 Å². The SMILES string of the molecule is C=C(Cl)S(=O)(=O)Nc1cccc(S(=O)(=O)/C=C/C#N)c1. The maximum absolute atomic E-state index is 11.8. The first-order chi connectivity index (χ1) is 9.19. The van der Waals surface area contributed by atoms with Gasteiger partial charge in [-0.05, 0) is 18.2 Å². The summed E-state index contributed by atoms with van der Waals surface area (Å²) >= 11 is 5.31. The molecular weight excluding hydrogens is 324 g/mol. The molecule has 6 nitrogen and oxygen atoms in total. The Morgan fingerprint density at radius 1 is 1.35 bits per heavy atom. The Kier molecular flexibility index (Phi) is 4.94. The lowest BCUT2D eigenvalue weighted by Gasteiger charge is -2.07. The molecule has 0 saturated carbocycles. The fraction of sp³-hybridized carbons (Fsp3) is 0. The Morgan fingerprint density at radius 2 is 2.00 bits per heavy atom. The Balaban J connectivity index is 3.20. The number of nitriles is 1. The number of benzene rings is 1. The van der Waals surface area contributed by atoms with Crippen LogP contribution in [0.4, 0.5) is 5.69 Å². The molecule has 0 amide bonds. The predicted molar refractivity (Wildman–Crippen MR) is 75.9 cm³/mol. The molecule has 0 unspecified atom stereocenters. The van der Waals surface area contributed by atoms with Crippen molar-refractivity contribution in [3.8, 4) is 6.07 Å². The molecule has 20 heavy (non-hydrogen) atoms. The number of halogens is 1. The monoisotopic (exact) mass is 332 g/mol. The predicted octanol–water partition coefficient (Wildman–Crippen LogP) is 1.95. The second-order valence-corrected chi connectivity index (χ2v) is 7.68. The number of anilines is 1. The fourth-order valence-corrected chi connectivity index (χ4v) is 2.77. The average Bonchev–Trinajstić information content (AvgIpc) is 2.36. The normalized spacial score (nSPS) is 12.0. The quantitative estimate of drug-likeness (QED) is 0.830. The van der Waals surface area contributed by atoms with Crippen LogP contribution >= 0.6 is 11.6 Å². The number of rotatable bonds is 5. The molecule has 0 bridgehead atoms. The van der Waals surface area contributed by atoms with Gasteiger partial charge in [0.25, 0.3) is 10.0 Å². The van der Waals surface area contributed by atoms with Crippen molar-refractivity contribution in [2.24, 2.45) is 0 Å². The van der Waals surface area contributed by atoms with E-state index in [0.29, 0.717) is 0 Å². The first kappa shape index (κ1) is 16.2. The minimum atomic E-state index is -3.97. The van der Waals surface area contributed by atoms with Gasteiger partial charge >= 0.3 is 0 Å². The van der Waals surface area contributed by atoms with Crippen molar-refractivity contribution >= 4 is 37.1 Å². The minimum absolute atomic E-state index is 0.0123. The minimum Gasteiger partial charge on any atom is -0.279 e. The van der Waals surface area contributed by atoms with E-state index >= 15 is 0 Å². The van der Waals surface area contributed by atoms with Gasteiger partial charge in [-0.15, -0.1) is 0 Å². The summed E-state index contributed by atoms with van der Waals surface area (Å²) < 4.78 is 48.0. The molecule has 106 valence electrons. The number of nitrogens with one attached hydrogen (secondary N) is 1. The molecule has 1 aromatic rings. The highest BCUT2D eigenvalue weighted by Crippen LogP contribution is 2.20. The van der Waals surface area contributed by atoms with E-state index in [9.17, 15) is 16.8 Å². The third-order valence-corrected chi connectivity index (χ3v) is 5.13. The molecule has 1 aromatic carbocycles. The summed E-state index contributed by atoms with van der Waals surface area (Å²) in [6.45, 7) is 3.08. The summed E-state index contributed by atoms with van der Waals surface area (Å²) in [4.78, 5) is -0.163. The standard InChI is InChI=1S/C11H9ClN2O4S2/c1-9(12)20(17,18)14-10-4-2-5-11(8-10)19(15,16)7-3-6-13/h2-5,7-8,14H,1H2/b7-3+. The molecule has 1 N–H and O–H groups in total. The third-order valence-electron chi connectivity index (χ3n) is 2.03. The van der Waals surface area contributed by atoms with E-state index in [-0.39, 0.29) is 10.6 Å². The van der Waals surface area contributed by atoms with Crippen molar-refractivity contribution in [1.82, 2.24) is 0 Å². The summed E-state index contributed by atoms with van der Waals surface area (Å²) in [5, 5.41) is 9.05. The lowest BCUT2D eigenvalue weighted by atomic mass is 10.3. The van der Waals surface area contributed by atoms with Crippen molar-refractivity contribution < 1.29 is 16.8 Å². The van der Waals surface area contributed by atoms with E-state index in [0.717, 1.165) is 17.6 Å².